The average molecular weight is 306 g/mol. The van der Waals surface area contributed by atoms with Gasteiger partial charge in [0.05, 0.1) is 11.0 Å². The zero-order valence-corrected chi connectivity index (χ0v) is 12.0. The summed E-state index contributed by atoms with van der Waals surface area (Å²) >= 11 is 5.85. The van der Waals surface area contributed by atoms with Crippen molar-refractivity contribution in [3.05, 3.63) is 50.9 Å². The van der Waals surface area contributed by atoms with Crippen molar-refractivity contribution in [2.45, 2.75) is 25.7 Å². The second-order valence-electron chi connectivity index (χ2n) is 4.96. The second kappa shape index (κ2) is 5.29. The monoisotopic (exact) mass is 305 g/mol. The summed E-state index contributed by atoms with van der Waals surface area (Å²) in [6.07, 6.45) is 3.82. The molecule has 1 aromatic carbocycles. The Kier molecular flexibility index (Phi) is 3.47. The third kappa shape index (κ3) is 2.95. The summed E-state index contributed by atoms with van der Waals surface area (Å²) in [7, 11) is 0. The minimum atomic E-state index is -0.537. The van der Waals surface area contributed by atoms with Gasteiger partial charge in [-0.05, 0) is 31.4 Å². The molecule has 1 saturated carbocycles. The van der Waals surface area contributed by atoms with Gasteiger partial charge in [-0.3, -0.25) is 10.1 Å². The Bertz CT molecular complexity index is 717. The lowest BCUT2D eigenvalue weighted by Crippen LogP contribution is -1.97. The Labute approximate surface area is 125 Å². The van der Waals surface area contributed by atoms with Crippen LogP contribution in [-0.4, -0.2) is 14.9 Å². The van der Waals surface area contributed by atoms with E-state index in [-0.39, 0.29) is 10.7 Å². The highest BCUT2D eigenvalue weighted by Crippen LogP contribution is 2.39. The molecule has 1 aliphatic carbocycles. The largest absolute Gasteiger partial charge is 0.438 e. The van der Waals surface area contributed by atoms with Crippen LogP contribution in [0.1, 0.15) is 30.1 Å². The van der Waals surface area contributed by atoms with Crippen LogP contribution in [0.3, 0.4) is 0 Å². The molecule has 0 radical (unpaired) electrons. The van der Waals surface area contributed by atoms with Gasteiger partial charge in [0.25, 0.3) is 5.69 Å². The SMILES string of the molecule is Cc1cc(Cl)c([N+](=O)[O-])cc1Oc1ccnc(C2CC2)n1. The molecule has 6 nitrogen and oxygen atoms in total. The van der Waals surface area contributed by atoms with E-state index in [9.17, 15) is 10.1 Å². The van der Waals surface area contributed by atoms with Crippen LogP contribution in [0.25, 0.3) is 0 Å². The van der Waals surface area contributed by atoms with Gasteiger partial charge in [-0.2, -0.15) is 4.98 Å². The molecule has 1 fully saturated rings. The van der Waals surface area contributed by atoms with Gasteiger partial charge >= 0.3 is 0 Å². The maximum atomic E-state index is 10.9. The van der Waals surface area contributed by atoms with Crippen LogP contribution < -0.4 is 4.74 Å². The number of aryl methyl sites for hydroxylation is 1. The third-order valence-electron chi connectivity index (χ3n) is 3.25. The third-order valence-corrected chi connectivity index (χ3v) is 3.55. The summed E-state index contributed by atoms with van der Waals surface area (Å²) in [5, 5.41) is 11.0. The zero-order chi connectivity index (χ0) is 15.0. The predicted molar refractivity (Wildman–Crippen MR) is 76.9 cm³/mol. The topological polar surface area (TPSA) is 78.2 Å². The number of hydrogen-bond acceptors (Lipinski definition) is 5. The quantitative estimate of drug-likeness (QED) is 0.629. The molecule has 0 atom stereocenters. The van der Waals surface area contributed by atoms with Crippen molar-refractivity contribution in [2.75, 3.05) is 0 Å². The summed E-state index contributed by atoms with van der Waals surface area (Å²) in [6.45, 7) is 1.77. The minimum absolute atomic E-state index is 0.0891. The summed E-state index contributed by atoms with van der Waals surface area (Å²) in [5.41, 5.74) is 0.519. The van der Waals surface area contributed by atoms with E-state index < -0.39 is 4.92 Å². The van der Waals surface area contributed by atoms with Crippen LogP contribution in [0.2, 0.25) is 5.02 Å². The zero-order valence-electron chi connectivity index (χ0n) is 11.2. The molecule has 2 aromatic rings. The molecule has 0 amide bonds. The van der Waals surface area contributed by atoms with Gasteiger partial charge in [-0.1, -0.05) is 11.6 Å². The van der Waals surface area contributed by atoms with Crippen molar-refractivity contribution in [1.29, 1.82) is 0 Å². The molecule has 0 spiro atoms. The summed E-state index contributed by atoms with van der Waals surface area (Å²) in [4.78, 5) is 18.9. The highest BCUT2D eigenvalue weighted by Gasteiger charge is 2.27. The van der Waals surface area contributed by atoms with Crippen LogP contribution >= 0.6 is 11.6 Å². The van der Waals surface area contributed by atoms with E-state index in [1.807, 2.05) is 0 Å². The molecule has 21 heavy (non-hydrogen) atoms. The first-order valence-corrected chi connectivity index (χ1v) is 6.87. The van der Waals surface area contributed by atoms with Gasteiger partial charge < -0.3 is 4.74 Å². The Morgan fingerprint density at radius 2 is 2.19 bits per heavy atom. The van der Waals surface area contributed by atoms with Crippen LogP contribution in [-0.2, 0) is 0 Å². The van der Waals surface area contributed by atoms with Crippen molar-refractivity contribution >= 4 is 17.3 Å². The molecule has 0 unspecified atom stereocenters. The Morgan fingerprint density at radius 3 is 2.86 bits per heavy atom. The molecule has 3 rings (SSSR count). The highest BCUT2D eigenvalue weighted by atomic mass is 35.5. The first-order chi connectivity index (χ1) is 10.0. The van der Waals surface area contributed by atoms with E-state index in [1.165, 1.54) is 12.1 Å². The predicted octanol–water partition coefficient (Wildman–Crippen LogP) is 4.02. The molecule has 1 aliphatic rings. The average Bonchev–Trinajstić information content (AvgIpc) is 3.26. The minimum Gasteiger partial charge on any atom is -0.438 e. The normalized spacial score (nSPS) is 14.0. The lowest BCUT2D eigenvalue weighted by Gasteiger charge is -2.09. The number of rotatable bonds is 4. The molecule has 0 N–H and O–H groups in total. The second-order valence-corrected chi connectivity index (χ2v) is 5.36. The molecule has 7 heteroatoms. The fraction of sp³-hybridized carbons (Fsp3) is 0.286. The van der Waals surface area contributed by atoms with Gasteiger partial charge in [-0.15, -0.1) is 0 Å². The number of nitro benzene ring substituents is 1. The van der Waals surface area contributed by atoms with Crippen molar-refractivity contribution < 1.29 is 9.66 Å². The van der Waals surface area contributed by atoms with E-state index in [2.05, 4.69) is 9.97 Å². The smallest absolute Gasteiger partial charge is 0.291 e. The number of nitrogens with zero attached hydrogens (tertiary/aromatic N) is 3. The van der Waals surface area contributed by atoms with Crippen LogP contribution in [0.5, 0.6) is 11.6 Å². The van der Waals surface area contributed by atoms with E-state index in [4.69, 9.17) is 16.3 Å². The molecule has 1 aromatic heterocycles. The lowest BCUT2D eigenvalue weighted by molar-refractivity contribution is -0.384. The fourth-order valence-corrected chi connectivity index (χ4v) is 2.24. The molecule has 1 heterocycles. The molecular weight excluding hydrogens is 294 g/mol. The van der Waals surface area contributed by atoms with Crippen molar-refractivity contribution in [2.24, 2.45) is 0 Å². The standard InChI is InChI=1S/C14H12ClN3O3/c1-8-6-10(15)11(18(19)20)7-12(8)21-13-4-5-16-14(17-13)9-2-3-9/h4-7,9H,2-3H2,1H3. The molecular formula is C14H12ClN3O3. The number of hydrogen-bond donors (Lipinski definition) is 0. The van der Waals surface area contributed by atoms with Gasteiger partial charge in [-0.25, -0.2) is 4.98 Å². The van der Waals surface area contributed by atoms with Gasteiger partial charge in [0.2, 0.25) is 5.88 Å². The maximum Gasteiger partial charge on any atom is 0.291 e. The lowest BCUT2D eigenvalue weighted by atomic mass is 10.2. The molecule has 108 valence electrons. The van der Waals surface area contributed by atoms with E-state index in [1.54, 1.807) is 19.2 Å². The summed E-state index contributed by atoms with van der Waals surface area (Å²) in [5.74, 6) is 1.92. The van der Waals surface area contributed by atoms with E-state index in [0.29, 0.717) is 23.1 Å². The van der Waals surface area contributed by atoms with Gasteiger partial charge in [0, 0.05) is 18.2 Å². The highest BCUT2D eigenvalue weighted by molar-refractivity contribution is 6.32. The number of nitro groups is 1. The van der Waals surface area contributed by atoms with Crippen molar-refractivity contribution in [3.63, 3.8) is 0 Å². The fourth-order valence-electron chi connectivity index (χ4n) is 1.96. The summed E-state index contributed by atoms with van der Waals surface area (Å²) < 4.78 is 5.66. The number of ether oxygens (including phenoxy) is 1. The van der Waals surface area contributed by atoms with Crippen molar-refractivity contribution in [3.8, 4) is 11.6 Å². The Balaban J connectivity index is 1.92. The van der Waals surface area contributed by atoms with E-state index >= 15 is 0 Å². The Morgan fingerprint density at radius 1 is 1.43 bits per heavy atom. The number of aromatic nitrogens is 2. The maximum absolute atomic E-state index is 10.9. The van der Waals surface area contributed by atoms with Gasteiger partial charge in [0.15, 0.2) is 0 Å². The van der Waals surface area contributed by atoms with Crippen LogP contribution in [0, 0.1) is 17.0 Å². The molecule has 0 bridgehead atoms. The number of halogens is 1. The van der Waals surface area contributed by atoms with E-state index in [0.717, 1.165) is 18.7 Å². The summed E-state index contributed by atoms with van der Waals surface area (Å²) in [6, 6.07) is 4.46. The molecule has 0 saturated heterocycles. The van der Waals surface area contributed by atoms with Crippen LogP contribution in [0.4, 0.5) is 5.69 Å². The van der Waals surface area contributed by atoms with Gasteiger partial charge in [0.1, 0.15) is 16.6 Å². The number of benzene rings is 1. The molecule has 0 aliphatic heterocycles. The van der Waals surface area contributed by atoms with Crippen LogP contribution in [0.15, 0.2) is 24.4 Å². The first kappa shape index (κ1) is 13.8. The first-order valence-electron chi connectivity index (χ1n) is 6.50. The van der Waals surface area contributed by atoms with Crippen molar-refractivity contribution in [1.82, 2.24) is 9.97 Å². The Hall–Kier alpha value is -2.21.